The van der Waals surface area contributed by atoms with Crippen LogP contribution < -0.4 is 5.73 Å². The van der Waals surface area contributed by atoms with Gasteiger partial charge in [-0.1, -0.05) is 29.3 Å². The Kier molecular flexibility index (Phi) is 4.15. The summed E-state index contributed by atoms with van der Waals surface area (Å²) in [6, 6.07) is 6.78. The minimum Gasteiger partial charge on any atom is -0.327 e. The van der Waals surface area contributed by atoms with Crippen LogP contribution in [-0.2, 0) is 12.8 Å². The molecular formula is C15H20N2S. The van der Waals surface area contributed by atoms with Crippen molar-refractivity contribution in [3.05, 3.63) is 51.0 Å². The van der Waals surface area contributed by atoms with Crippen LogP contribution in [0.1, 0.15) is 27.4 Å². The van der Waals surface area contributed by atoms with E-state index in [-0.39, 0.29) is 6.04 Å². The first-order chi connectivity index (χ1) is 8.52. The van der Waals surface area contributed by atoms with E-state index in [2.05, 4.69) is 42.4 Å². The molecule has 0 radical (unpaired) electrons. The third-order valence-corrected chi connectivity index (χ3v) is 3.74. The second kappa shape index (κ2) is 5.63. The first-order valence-corrected chi connectivity index (χ1v) is 7.14. The van der Waals surface area contributed by atoms with Crippen molar-refractivity contribution in [1.29, 1.82) is 0 Å². The molecule has 1 atom stereocenters. The molecule has 1 aromatic carbocycles. The van der Waals surface area contributed by atoms with E-state index in [0.717, 1.165) is 23.5 Å². The SMILES string of the molecule is Cc1cc(C)cc(CC(N)Cc2csc(C)n2)c1. The molecule has 2 rings (SSSR count). The van der Waals surface area contributed by atoms with Crippen molar-refractivity contribution in [2.75, 3.05) is 0 Å². The molecule has 0 saturated carbocycles. The van der Waals surface area contributed by atoms with Crippen molar-refractivity contribution in [3.63, 3.8) is 0 Å². The maximum atomic E-state index is 6.21. The summed E-state index contributed by atoms with van der Waals surface area (Å²) in [6.45, 7) is 6.29. The Balaban J connectivity index is 2.00. The number of hydrogen-bond acceptors (Lipinski definition) is 3. The normalized spacial score (nSPS) is 12.7. The van der Waals surface area contributed by atoms with E-state index in [4.69, 9.17) is 5.73 Å². The van der Waals surface area contributed by atoms with E-state index < -0.39 is 0 Å². The highest BCUT2D eigenvalue weighted by molar-refractivity contribution is 7.09. The summed E-state index contributed by atoms with van der Waals surface area (Å²) in [5.41, 5.74) is 11.3. The van der Waals surface area contributed by atoms with Crippen LogP contribution in [0.25, 0.3) is 0 Å². The largest absolute Gasteiger partial charge is 0.327 e. The summed E-state index contributed by atoms with van der Waals surface area (Å²) in [5.74, 6) is 0. The Labute approximate surface area is 113 Å². The molecule has 96 valence electrons. The quantitative estimate of drug-likeness (QED) is 0.917. The maximum Gasteiger partial charge on any atom is 0.0897 e. The predicted molar refractivity (Wildman–Crippen MR) is 78.2 cm³/mol. The zero-order valence-corrected chi connectivity index (χ0v) is 12.1. The fourth-order valence-electron chi connectivity index (χ4n) is 2.33. The van der Waals surface area contributed by atoms with Gasteiger partial charge in [-0.3, -0.25) is 0 Å². The van der Waals surface area contributed by atoms with Crippen LogP contribution in [0.5, 0.6) is 0 Å². The lowest BCUT2D eigenvalue weighted by atomic mass is 9.99. The van der Waals surface area contributed by atoms with Gasteiger partial charge in [0, 0.05) is 17.8 Å². The highest BCUT2D eigenvalue weighted by atomic mass is 32.1. The molecule has 1 unspecified atom stereocenters. The Morgan fingerprint density at radius 2 is 1.78 bits per heavy atom. The van der Waals surface area contributed by atoms with Gasteiger partial charge < -0.3 is 5.73 Å². The Morgan fingerprint density at radius 3 is 2.33 bits per heavy atom. The monoisotopic (exact) mass is 260 g/mol. The lowest BCUT2D eigenvalue weighted by Gasteiger charge is -2.11. The first kappa shape index (κ1) is 13.2. The predicted octanol–water partition coefficient (Wildman–Crippen LogP) is 3.18. The number of nitrogens with two attached hydrogens (primary N) is 1. The summed E-state index contributed by atoms with van der Waals surface area (Å²) < 4.78 is 0. The number of benzene rings is 1. The van der Waals surface area contributed by atoms with E-state index >= 15 is 0 Å². The van der Waals surface area contributed by atoms with Crippen molar-refractivity contribution in [3.8, 4) is 0 Å². The topological polar surface area (TPSA) is 38.9 Å². The third kappa shape index (κ3) is 3.65. The molecule has 0 aliphatic carbocycles. The van der Waals surface area contributed by atoms with E-state index in [1.54, 1.807) is 11.3 Å². The number of nitrogens with zero attached hydrogens (tertiary/aromatic N) is 1. The molecule has 0 fully saturated rings. The standard InChI is InChI=1S/C15H20N2S/c1-10-4-11(2)6-13(5-10)7-14(16)8-15-9-18-12(3)17-15/h4-6,9,14H,7-8,16H2,1-3H3. The van der Waals surface area contributed by atoms with E-state index in [9.17, 15) is 0 Å². The Bertz CT molecular complexity index is 511. The zero-order chi connectivity index (χ0) is 13.1. The first-order valence-electron chi connectivity index (χ1n) is 6.26. The van der Waals surface area contributed by atoms with Gasteiger partial charge in [-0.25, -0.2) is 4.98 Å². The van der Waals surface area contributed by atoms with Crippen LogP contribution >= 0.6 is 11.3 Å². The molecule has 0 spiro atoms. The third-order valence-electron chi connectivity index (χ3n) is 2.92. The molecule has 0 aliphatic heterocycles. The molecule has 2 aromatic rings. The van der Waals surface area contributed by atoms with Crippen molar-refractivity contribution in [2.45, 2.75) is 39.7 Å². The van der Waals surface area contributed by atoms with Crippen molar-refractivity contribution in [1.82, 2.24) is 4.98 Å². The second-order valence-electron chi connectivity index (χ2n) is 5.02. The Morgan fingerprint density at radius 1 is 1.11 bits per heavy atom. The Hall–Kier alpha value is -1.19. The minimum absolute atomic E-state index is 0.146. The van der Waals surface area contributed by atoms with Gasteiger partial charge in [-0.2, -0.15) is 0 Å². The van der Waals surface area contributed by atoms with E-state index in [1.165, 1.54) is 16.7 Å². The molecule has 0 bridgehead atoms. The lowest BCUT2D eigenvalue weighted by molar-refractivity contribution is 0.655. The summed E-state index contributed by atoms with van der Waals surface area (Å²) in [5, 5.41) is 3.22. The number of aromatic nitrogens is 1. The summed E-state index contributed by atoms with van der Waals surface area (Å²) in [7, 11) is 0. The highest BCUT2D eigenvalue weighted by Gasteiger charge is 2.08. The van der Waals surface area contributed by atoms with E-state index in [0.29, 0.717) is 0 Å². The van der Waals surface area contributed by atoms with Gasteiger partial charge in [0.15, 0.2) is 0 Å². The molecule has 0 amide bonds. The molecule has 18 heavy (non-hydrogen) atoms. The number of hydrogen-bond donors (Lipinski definition) is 1. The molecular weight excluding hydrogens is 240 g/mol. The van der Waals surface area contributed by atoms with Crippen LogP contribution in [0.15, 0.2) is 23.6 Å². The number of thiazole rings is 1. The van der Waals surface area contributed by atoms with Crippen molar-refractivity contribution >= 4 is 11.3 Å². The molecule has 0 aliphatic rings. The summed E-state index contributed by atoms with van der Waals surface area (Å²) >= 11 is 1.69. The van der Waals surface area contributed by atoms with Gasteiger partial charge >= 0.3 is 0 Å². The fraction of sp³-hybridized carbons (Fsp3) is 0.400. The second-order valence-corrected chi connectivity index (χ2v) is 6.08. The van der Waals surface area contributed by atoms with Gasteiger partial charge in [0.05, 0.1) is 10.7 Å². The maximum absolute atomic E-state index is 6.21. The summed E-state index contributed by atoms with van der Waals surface area (Å²) in [6.07, 6.45) is 1.77. The number of rotatable bonds is 4. The van der Waals surface area contributed by atoms with Crippen LogP contribution in [0.4, 0.5) is 0 Å². The van der Waals surface area contributed by atoms with Crippen LogP contribution in [-0.4, -0.2) is 11.0 Å². The van der Waals surface area contributed by atoms with Gasteiger partial charge in [0.2, 0.25) is 0 Å². The van der Waals surface area contributed by atoms with E-state index in [1.807, 2.05) is 6.92 Å². The van der Waals surface area contributed by atoms with Crippen molar-refractivity contribution in [2.24, 2.45) is 5.73 Å². The molecule has 3 heteroatoms. The molecule has 0 saturated heterocycles. The van der Waals surface area contributed by atoms with Gasteiger partial charge in [-0.15, -0.1) is 11.3 Å². The molecule has 2 N–H and O–H groups in total. The average molecular weight is 260 g/mol. The van der Waals surface area contributed by atoms with Crippen LogP contribution in [0.3, 0.4) is 0 Å². The van der Waals surface area contributed by atoms with Gasteiger partial charge in [0.25, 0.3) is 0 Å². The molecule has 1 aromatic heterocycles. The average Bonchev–Trinajstić information content (AvgIpc) is 2.61. The molecule has 1 heterocycles. The van der Waals surface area contributed by atoms with Crippen molar-refractivity contribution < 1.29 is 0 Å². The minimum atomic E-state index is 0.146. The highest BCUT2D eigenvalue weighted by Crippen LogP contribution is 2.14. The van der Waals surface area contributed by atoms with Gasteiger partial charge in [-0.05, 0) is 32.8 Å². The molecule has 2 nitrogen and oxygen atoms in total. The van der Waals surface area contributed by atoms with Gasteiger partial charge in [0.1, 0.15) is 0 Å². The van der Waals surface area contributed by atoms with Crippen LogP contribution in [0, 0.1) is 20.8 Å². The summed E-state index contributed by atoms with van der Waals surface area (Å²) in [4.78, 5) is 4.47. The zero-order valence-electron chi connectivity index (χ0n) is 11.2. The lowest BCUT2D eigenvalue weighted by Crippen LogP contribution is -2.25. The smallest absolute Gasteiger partial charge is 0.0897 e. The van der Waals surface area contributed by atoms with Crippen LogP contribution in [0.2, 0.25) is 0 Å². The number of aryl methyl sites for hydroxylation is 3. The fourth-order valence-corrected chi connectivity index (χ4v) is 2.96.